The molecule has 1 aliphatic heterocycles. The van der Waals surface area contributed by atoms with Crippen molar-refractivity contribution in [2.24, 2.45) is 5.92 Å². The first-order chi connectivity index (χ1) is 6.79. The Labute approximate surface area is 95.5 Å². The molecule has 0 saturated carbocycles. The quantitative estimate of drug-likeness (QED) is 0.664. The zero-order valence-electron chi connectivity index (χ0n) is 8.91. The van der Waals surface area contributed by atoms with E-state index in [1.165, 1.54) is 32.1 Å². The van der Waals surface area contributed by atoms with Crippen LogP contribution in [0.2, 0.25) is 0 Å². The Bertz CT molecular complexity index is 156. The maximum Gasteiger partial charge on any atom is 0.0868 e. The van der Waals surface area contributed by atoms with E-state index in [-0.39, 0.29) is 7.30 Å². The van der Waals surface area contributed by atoms with Gasteiger partial charge in [0.2, 0.25) is 0 Å². The van der Waals surface area contributed by atoms with Crippen LogP contribution in [0.4, 0.5) is 0 Å². The van der Waals surface area contributed by atoms with Crippen molar-refractivity contribution >= 4 is 33.1 Å². The van der Waals surface area contributed by atoms with Gasteiger partial charge >= 0.3 is 0 Å². The fraction of sp³-hybridized carbons (Fsp3) is 1.00. The van der Waals surface area contributed by atoms with Gasteiger partial charge in [0.15, 0.2) is 0 Å². The smallest absolute Gasteiger partial charge is 0.0868 e. The molecule has 1 rings (SSSR count). The highest BCUT2D eigenvalue weighted by Gasteiger charge is 2.29. The summed E-state index contributed by atoms with van der Waals surface area (Å²) in [5.41, 5.74) is 0. The van der Waals surface area contributed by atoms with Crippen LogP contribution in [0.1, 0.15) is 39.0 Å². The molecular weight excluding hydrogens is 248 g/mol. The molecule has 1 heterocycles. The summed E-state index contributed by atoms with van der Waals surface area (Å²) in [5.74, 6) is 1.42. The van der Waals surface area contributed by atoms with Gasteiger partial charge in [-0.3, -0.25) is 0 Å². The van der Waals surface area contributed by atoms with Crippen LogP contribution in [0, 0.1) is 5.92 Å². The topological polar surface area (TPSA) is 9.23 Å². The maximum atomic E-state index is 5.94. The van der Waals surface area contributed by atoms with Crippen LogP contribution in [-0.2, 0) is 4.74 Å². The molecule has 0 aromatic carbocycles. The lowest BCUT2D eigenvalue weighted by Crippen LogP contribution is -2.26. The van der Waals surface area contributed by atoms with Gasteiger partial charge in [0.05, 0.1) is 5.85 Å². The Morgan fingerprint density at radius 1 is 1.57 bits per heavy atom. The van der Waals surface area contributed by atoms with E-state index in [9.17, 15) is 0 Å². The molecule has 0 bridgehead atoms. The summed E-state index contributed by atoms with van der Waals surface area (Å²) in [4.78, 5) is 0. The summed E-state index contributed by atoms with van der Waals surface area (Å²) in [5, 5.41) is 0. The summed E-state index contributed by atoms with van der Waals surface area (Å²) < 4.78 is 5.94. The lowest BCUT2D eigenvalue weighted by atomic mass is 9.96. The Morgan fingerprint density at radius 3 is 3.00 bits per heavy atom. The molecule has 0 aliphatic carbocycles. The number of hydrogen-bond acceptors (Lipinski definition) is 1. The zero-order valence-corrected chi connectivity index (χ0v) is 13.1. The largest absolute Gasteiger partial charge is 0.373 e. The van der Waals surface area contributed by atoms with Crippen molar-refractivity contribution < 1.29 is 4.74 Å². The molecule has 0 spiro atoms. The van der Waals surface area contributed by atoms with E-state index in [1.807, 2.05) is 0 Å². The fourth-order valence-corrected chi connectivity index (χ4v) is 6.74. The first-order valence-electron chi connectivity index (χ1n) is 5.41. The molecule has 1 aliphatic rings. The molecule has 0 aromatic rings. The third-order valence-corrected chi connectivity index (χ3v) is 13.4. The second-order valence-corrected chi connectivity index (χ2v) is 13.3. The van der Waals surface area contributed by atoms with Crippen LogP contribution >= 0.6 is 33.1 Å². The van der Waals surface area contributed by atoms with Crippen molar-refractivity contribution in [3.63, 3.8) is 0 Å². The zero-order chi connectivity index (χ0) is 10.4. The van der Waals surface area contributed by atoms with Crippen LogP contribution in [0.25, 0.3) is 0 Å². The highest BCUT2D eigenvalue weighted by molar-refractivity contribution is 8.61. The number of unbranched alkanes of at least 4 members (excludes halogenated alkanes) is 1. The second kappa shape index (κ2) is 7.87. The second-order valence-electron chi connectivity index (χ2n) is 3.84. The van der Waals surface area contributed by atoms with Gasteiger partial charge < -0.3 is 4.74 Å². The maximum absolute atomic E-state index is 5.94. The summed E-state index contributed by atoms with van der Waals surface area (Å²) in [7, 11) is 6.91. The van der Waals surface area contributed by atoms with E-state index in [0.717, 1.165) is 20.5 Å². The van der Waals surface area contributed by atoms with Crippen molar-refractivity contribution in [1.29, 1.82) is 0 Å². The first-order valence-corrected chi connectivity index (χ1v) is 12.1. The average molecular weight is 270 g/mol. The van der Waals surface area contributed by atoms with Gasteiger partial charge in [0.1, 0.15) is 0 Å². The molecule has 0 radical (unpaired) electrons. The molecule has 4 unspecified atom stereocenters. The standard InChI is InChI=1S/C9H22OP4/c1-2-3-5-8-6-4-7-10-9(8)14(12)13-11/h8-9,13H,2-7,11-12H2,1H3/t8-,9-,14?/m0/s1. The third-order valence-electron chi connectivity index (χ3n) is 2.76. The summed E-state index contributed by atoms with van der Waals surface area (Å²) in [6, 6.07) is 0. The van der Waals surface area contributed by atoms with Crippen LogP contribution < -0.4 is 0 Å². The fourth-order valence-electron chi connectivity index (χ4n) is 1.96. The van der Waals surface area contributed by atoms with Gasteiger partial charge in [-0.15, -0.1) is 17.9 Å². The Hall–Kier alpha value is 1.68. The molecule has 6 atom stereocenters. The minimum absolute atomic E-state index is 0.0328. The number of hydrogen-bond donors (Lipinski definition) is 0. The van der Waals surface area contributed by atoms with Gasteiger partial charge in [-0.05, 0) is 32.5 Å². The lowest BCUT2D eigenvalue weighted by Gasteiger charge is -2.35. The van der Waals surface area contributed by atoms with Crippen LogP contribution in [0.5, 0.6) is 0 Å². The van der Waals surface area contributed by atoms with Crippen molar-refractivity contribution in [2.45, 2.75) is 44.9 Å². The predicted molar refractivity (Wildman–Crippen MR) is 76.6 cm³/mol. The highest BCUT2D eigenvalue weighted by Crippen LogP contribution is 2.71. The van der Waals surface area contributed by atoms with Crippen LogP contribution in [-0.4, -0.2) is 12.5 Å². The molecule has 1 nitrogen and oxygen atoms in total. The third kappa shape index (κ3) is 4.28. The first kappa shape index (κ1) is 13.7. The van der Waals surface area contributed by atoms with Crippen LogP contribution in [0.15, 0.2) is 0 Å². The predicted octanol–water partition coefficient (Wildman–Crippen LogP) is 4.58. The van der Waals surface area contributed by atoms with Gasteiger partial charge in [-0.1, -0.05) is 27.7 Å². The molecule has 0 amide bonds. The van der Waals surface area contributed by atoms with Gasteiger partial charge in [-0.2, -0.15) is 0 Å². The van der Waals surface area contributed by atoms with E-state index in [4.69, 9.17) is 4.74 Å². The Kier molecular flexibility index (Phi) is 7.73. The van der Waals surface area contributed by atoms with Crippen molar-refractivity contribution in [1.82, 2.24) is 0 Å². The molecule has 84 valence electrons. The normalized spacial score (nSPS) is 31.1. The Morgan fingerprint density at radius 2 is 2.36 bits per heavy atom. The molecule has 5 heteroatoms. The minimum Gasteiger partial charge on any atom is -0.373 e. The van der Waals surface area contributed by atoms with E-state index in [0.29, 0.717) is 5.85 Å². The average Bonchev–Trinajstić information content (AvgIpc) is 2.25. The SMILES string of the molecule is CCCC[C@H]1CCCO[C@H]1P(P)PP. The van der Waals surface area contributed by atoms with Crippen molar-refractivity contribution in [3.8, 4) is 0 Å². The molecule has 0 aromatic heterocycles. The highest BCUT2D eigenvalue weighted by atomic mass is 32.6. The van der Waals surface area contributed by atoms with Gasteiger partial charge in [0, 0.05) is 6.61 Å². The monoisotopic (exact) mass is 270 g/mol. The molecule has 1 fully saturated rings. The lowest BCUT2D eigenvalue weighted by molar-refractivity contribution is 0.0247. The van der Waals surface area contributed by atoms with Crippen molar-refractivity contribution in [2.75, 3.05) is 6.61 Å². The summed E-state index contributed by atoms with van der Waals surface area (Å²) in [6.07, 6.45) is 6.74. The van der Waals surface area contributed by atoms with E-state index >= 15 is 0 Å². The molecule has 1 saturated heterocycles. The molecular formula is C9H22OP4. The van der Waals surface area contributed by atoms with Gasteiger partial charge in [-0.25, -0.2) is 0 Å². The number of ether oxygens (including phenoxy) is 1. The Balaban J connectivity index is 2.41. The summed E-state index contributed by atoms with van der Waals surface area (Å²) >= 11 is 0. The van der Waals surface area contributed by atoms with Crippen LogP contribution in [0.3, 0.4) is 0 Å². The molecule has 0 N–H and O–H groups in total. The summed E-state index contributed by atoms with van der Waals surface area (Å²) in [6.45, 7) is 3.27. The van der Waals surface area contributed by atoms with E-state index < -0.39 is 0 Å². The number of rotatable bonds is 5. The van der Waals surface area contributed by atoms with Gasteiger partial charge in [0.25, 0.3) is 0 Å². The van der Waals surface area contributed by atoms with E-state index in [2.05, 4.69) is 24.8 Å². The van der Waals surface area contributed by atoms with Crippen molar-refractivity contribution in [3.05, 3.63) is 0 Å². The molecule has 14 heavy (non-hydrogen) atoms. The van der Waals surface area contributed by atoms with E-state index in [1.54, 1.807) is 0 Å². The minimum atomic E-state index is 0.0328.